The molecule has 1 aromatic heterocycles. The van der Waals surface area contributed by atoms with Crippen LogP contribution in [0.15, 0.2) is 42.7 Å². The summed E-state index contributed by atoms with van der Waals surface area (Å²) in [5, 5.41) is 3.24. The second kappa shape index (κ2) is 7.52. The highest BCUT2D eigenvalue weighted by Gasteiger charge is 2.36. The molecule has 28 heavy (non-hydrogen) atoms. The molecule has 1 N–H and O–H groups in total. The Labute approximate surface area is 163 Å². The number of likely N-dealkylation sites (tertiary alicyclic amines) is 1. The van der Waals surface area contributed by atoms with Gasteiger partial charge in [-0.15, -0.1) is 0 Å². The fraction of sp³-hybridized carbons (Fsp3) is 0.333. The van der Waals surface area contributed by atoms with Crippen molar-refractivity contribution in [3.63, 3.8) is 0 Å². The maximum Gasteiger partial charge on any atom is 0.261 e. The average Bonchev–Trinajstić information content (AvgIpc) is 2.98. The summed E-state index contributed by atoms with van der Waals surface area (Å²) in [6.07, 6.45) is 5.07. The third-order valence-corrected chi connectivity index (χ3v) is 5.50. The molecule has 3 amide bonds. The standard InChI is InChI=1S/C21H22N4O3/c1-22-16-6-10-24(11-7-16)19(26)15-2-3-17-18(12-15)21(28)25(20(17)27)13-14-4-8-23-9-5-14/h2-5,8-9,12,16,22H,6-7,10-11,13H2,1H3. The molecule has 1 saturated heterocycles. The van der Waals surface area contributed by atoms with Gasteiger partial charge in [0.25, 0.3) is 17.7 Å². The molecule has 2 aromatic rings. The molecule has 2 aliphatic heterocycles. The molecule has 144 valence electrons. The average molecular weight is 378 g/mol. The van der Waals surface area contributed by atoms with Crippen LogP contribution in [0.5, 0.6) is 0 Å². The predicted octanol–water partition coefficient (Wildman–Crippen LogP) is 1.70. The zero-order chi connectivity index (χ0) is 19.7. The van der Waals surface area contributed by atoms with E-state index in [1.165, 1.54) is 4.90 Å². The predicted molar refractivity (Wildman–Crippen MR) is 103 cm³/mol. The number of aromatic nitrogens is 1. The van der Waals surface area contributed by atoms with Crippen molar-refractivity contribution >= 4 is 17.7 Å². The molecule has 0 atom stereocenters. The summed E-state index contributed by atoms with van der Waals surface area (Å²) < 4.78 is 0. The van der Waals surface area contributed by atoms with Crippen molar-refractivity contribution < 1.29 is 14.4 Å². The SMILES string of the molecule is CNC1CCN(C(=O)c2ccc3c(c2)C(=O)N(Cc2ccncc2)C3=O)CC1. The van der Waals surface area contributed by atoms with E-state index in [1.807, 2.05) is 11.9 Å². The molecule has 7 heteroatoms. The first-order chi connectivity index (χ1) is 13.6. The highest BCUT2D eigenvalue weighted by atomic mass is 16.2. The summed E-state index contributed by atoms with van der Waals surface area (Å²) in [5.41, 5.74) is 1.93. The Kier molecular flexibility index (Phi) is 4.92. The first-order valence-electron chi connectivity index (χ1n) is 9.44. The van der Waals surface area contributed by atoms with Crippen molar-refractivity contribution in [3.05, 3.63) is 65.0 Å². The van der Waals surface area contributed by atoms with E-state index in [2.05, 4.69) is 10.3 Å². The molecular weight excluding hydrogens is 356 g/mol. The van der Waals surface area contributed by atoms with Crippen molar-refractivity contribution in [1.29, 1.82) is 0 Å². The lowest BCUT2D eigenvalue weighted by Gasteiger charge is -2.31. The fourth-order valence-electron chi connectivity index (χ4n) is 3.79. The maximum atomic E-state index is 12.8. The number of hydrogen-bond donors (Lipinski definition) is 1. The van der Waals surface area contributed by atoms with Crippen LogP contribution in [0.3, 0.4) is 0 Å². The van der Waals surface area contributed by atoms with Crippen LogP contribution in [0.25, 0.3) is 0 Å². The number of nitrogens with one attached hydrogen (secondary N) is 1. The van der Waals surface area contributed by atoms with Gasteiger partial charge in [0.2, 0.25) is 0 Å². The van der Waals surface area contributed by atoms with E-state index in [4.69, 9.17) is 0 Å². The molecule has 2 aliphatic rings. The molecule has 3 heterocycles. The Bertz CT molecular complexity index is 921. The molecular formula is C21H22N4O3. The number of piperidine rings is 1. The number of rotatable bonds is 4. The quantitative estimate of drug-likeness (QED) is 0.819. The number of benzene rings is 1. The summed E-state index contributed by atoms with van der Waals surface area (Å²) in [7, 11) is 1.93. The van der Waals surface area contributed by atoms with Crippen LogP contribution in [-0.4, -0.2) is 58.7 Å². The molecule has 0 radical (unpaired) electrons. The Hall–Kier alpha value is -3.06. The van der Waals surface area contributed by atoms with Gasteiger partial charge in [-0.2, -0.15) is 0 Å². The third kappa shape index (κ3) is 3.29. The van der Waals surface area contributed by atoms with E-state index in [-0.39, 0.29) is 24.3 Å². The van der Waals surface area contributed by atoms with Crippen LogP contribution in [0.2, 0.25) is 0 Å². The minimum absolute atomic E-state index is 0.0924. The van der Waals surface area contributed by atoms with Crippen molar-refractivity contribution in [2.45, 2.75) is 25.4 Å². The lowest BCUT2D eigenvalue weighted by molar-refractivity contribution is 0.0641. The van der Waals surface area contributed by atoms with Gasteiger partial charge >= 0.3 is 0 Å². The van der Waals surface area contributed by atoms with Crippen LogP contribution < -0.4 is 5.32 Å². The molecule has 0 aliphatic carbocycles. The summed E-state index contributed by atoms with van der Waals surface area (Å²) in [6, 6.07) is 8.78. The van der Waals surface area contributed by atoms with E-state index in [0.29, 0.717) is 35.8 Å². The van der Waals surface area contributed by atoms with Gasteiger partial charge in [0.15, 0.2) is 0 Å². The van der Waals surface area contributed by atoms with Crippen molar-refractivity contribution in [2.75, 3.05) is 20.1 Å². The fourth-order valence-corrected chi connectivity index (χ4v) is 3.79. The van der Waals surface area contributed by atoms with Crippen LogP contribution >= 0.6 is 0 Å². The number of carbonyl (C=O) groups excluding carboxylic acids is 3. The van der Waals surface area contributed by atoms with Gasteiger partial charge in [0.1, 0.15) is 0 Å². The first kappa shape index (κ1) is 18.3. The monoisotopic (exact) mass is 378 g/mol. The van der Waals surface area contributed by atoms with E-state index in [1.54, 1.807) is 42.7 Å². The molecule has 0 spiro atoms. The summed E-state index contributed by atoms with van der Waals surface area (Å²) in [6.45, 7) is 1.56. The molecule has 0 bridgehead atoms. The number of fused-ring (bicyclic) bond motifs is 1. The van der Waals surface area contributed by atoms with Crippen LogP contribution in [-0.2, 0) is 6.54 Å². The summed E-state index contributed by atoms with van der Waals surface area (Å²) in [4.78, 5) is 45.3. The number of hydrogen-bond acceptors (Lipinski definition) is 5. The highest BCUT2D eigenvalue weighted by Crippen LogP contribution is 2.26. The Morgan fingerprint density at radius 3 is 2.43 bits per heavy atom. The van der Waals surface area contributed by atoms with Crippen LogP contribution in [0.4, 0.5) is 0 Å². The van der Waals surface area contributed by atoms with Gasteiger partial charge in [0, 0.05) is 37.1 Å². The lowest BCUT2D eigenvalue weighted by Crippen LogP contribution is -2.44. The summed E-state index contributed by atoms with van der Waals surface area (Å²) >= 11 is 0. The van der Waals surface area contributed by atoms with Gasteiger partial charge in [-0.3, -0.25) is 24.3 Å². The third-order valence-electron chi connectivity index (χ3n) is 5.50. The second-order valence-corrected chi connectivity index (χ2v) is 7.17. The largest absolute Gasteiger partial charge is 0.339 e. The minimum Gasteiger partial charge on any atom is -0.339 e. The molecule has 0 saturated carbocycles. The van der Waals surface area contributed by atoms with E-state index in [9.17, 15) is 14.4 Å². The van der Waals surface area contributed by atoms with E-state index in [0.717, 1.165) is 18.4 Å². The van der Waals surface area contributed by atoms with Crippen molar-refractivity contribution in [1.82, 2.24) is 20.1 Å². The second-order valence-electron chi connectivity index (χ2n) is 7.17. The first-order valence-corrected chi connectivity index (χ1v) is 9.44. The highest BCUT2D eigenvalue weighted by molar-refractivity contribution is 6.22. The molecule has 0 unspecified atom stereocenters. The van der Waals surface area contributed by atoms with E-state index < -0.39 is 0 Å². The topological polar surface area (TPSA) is 82.6 Å². The number of amides is 3. The van der Waals surface area contributed by atoms with Gasteiger partial charge in [-0.25, -0.2) is 0 Å². The number of carbonyl (C=O) groups is 3. The molecule has 4 rings (SSSR count). The zero-order valence-electron chi connectivity index (χ0n) is 15.7. The number of imide groups is 1. The van der Waals surface area contributed by atoms with Gasteiger partial charge in [0.05, 0.1) is 17.7 Å². The van der Waals surface area contributed by atoms with E-state index >= 15 is 0 Å². The normalized spacial score (nSPS) is 17.2. The van der Waals surface area contributed by atoms with Crippen molar-refractivity contribution in [3.8, 4) is 0 Å². The number of nitrogens with zero attached hydrogens (tertiary/aromatic N) is 3. The Balaban J connectivity index is 1.53. The molecule has 1 aromatic carbocycles. The van der Waals surface area contributed by atoms with Gasteiger partial charge < -0.3 is 10.2 Å². The summed E-state index contributed by atoms with van der Waals surface area (Å²) in [5.74, 6) is -0.781. The smallest absolute Gasteiger partial charge is 0.261 e. The van der Waals surface area contributed by atoms with Crippen LogP contribution in [0, 0.1) is 0 Å². The van der Waals surface area contributed by atoms with Crippen LogP contribution in [0.1, 0.15) is 49.5 Å². The Morgan fingerprint density at radius 2 is 1.75 bits per heavy atom. The number of pyridine rings is 1. The Morgan fingerprint density at radius 1 is 1.07 bits per heavy atom. The molecule has 7 nitrogen and oxygen atoms in total. The lowest BCUT2D eigenvalue weighted by atomic mass is 10.0. The van der Waals surface area contributed by atoms with Crippen molar-refractivity contribution in [2.24, 2.45) is 0 Å². The zero-order valence-corrected chi connectivity index (χ0v) is 15.7. The molecule has 1 fully saturated rings. The minimum atomic E-state index is -0.361. The van der Waals surface area contributed by atoms with Gasteiger partial charge in [-0.1, -0.05) is 0 Å². The van der Waals surface area contributed by atoms with Gasteiger partial charge in [-0.05, 0) is 55.8 Å². The maximum absolute atomic E-state index is 12.8.